The number of hydrogen-bond acceptors (Lipinski definition) is 6. The smallest absolute Gasteiger partial charge is 0.295 e. The van der Waals surface area contributed by atoms with Crippen molar-refractivity contribution in [3.63, 3.8) is 0 Å². The molecule has 1 atom stereocenters. The van der Waals surface area contributed by atoms with Gasteiger partial charge in [0.15, 0.2) is 0 Å². The first-order valence-corrected chi connectivity index (χ1v) is 9.54. The van der Waals surface area contributed by atoms with Gasteiger partial charge in [-0.2, -0.15) is 0 Å². The van der Waals surface area contributed by atoms with Crippen molar-refractivity contribution in [1.29, 1.82) is 0 Å². The molecule has 0 bridgehead atoms. The predicted octanol–water partition coefficient (Wildman–Crippen LogP) is 3.44. The fourth-order valence-corrected chi connectivity index (χ4v) is 3.44. The molecule has 1 saturated heterocycles. The lowest BCUT2D eigenvalue weighted by atomic mass is 9.99. The lowest BCUT2D eigenvalue weighted by Crippen LogP contribution is -2.31. The van der Waals surface area contributed by atoms with Crippen molar-refractivity contribution in [3.05, 3.63) is 59.1 Å². The number of aryl methyl sites for hydroxylation is 1. The van der Waals surface area contributed by atoms with Gasteiger partial charge >= 0.3 is 0 Å². The minimum atomic E-state index is -0.795. The standard InChI is InChI=1S/C22H25NO6/c1-4-28-16-8-5-7-15(13-16)20(24)18-19(17-10-9-14(2)29-17)23(11-6-12-27-3)22(26)21(18)25/h5,7-10,13,19,24H,4,6,11-12H2,1-3H3/b20-18+. The van der Waals surface area contributed by atoms with Crippen molar-refractivity contribution in [2.45, 2.75) is 26.3 Å². The van der Waals surface area contributed by atoms with Crippen molar-refractivity contribution in [3.8, 4) is 5.75 Å². The van der Waals surface area contributed by atoms with E-state index < -0.39 is 17.7 Å². The van der Waals surface area contributed by atoms with Crippen molar-refractivity contribution in [2.24, 2.45) is 0 Å². The number of Topliss-reactive ketones (excluding diaryl/α,β-unsaturated/α-hetero) is 1. The average molecular weight is 399 g/mol. The molecule has 0 aliphatic carbocycles. The van der Waals surface area contributed by atoms with Crippen LogP contribution in [0.1, 0.15) is 36.5 Å². The maximum Gasteiger partial charge on any atom is 0.295 e. The zero-order chi connectivity index (χ0) is 21.0. The monoisotopic (exact) mass is 399 g/mol. The summed E-state index contributed by atoms with van der Waals surface area (Å²) in [5.74, 6) is 0.000340. The Balaban J connectivity index is 2.08. The van der Waals surface area contributed by atoms with Crippen LogP contribution in [0.2, 0.25) is 0 Å². The van der Waals surface area contributed by atoms with Crippen LogP contribution in [0.5, 0.6) is 5.75 Å². The van der Waals surface area contributed by atoms with Gasteiger partial charge in [0.05, 0.1) is 12.2 Å². The fourth-order valence-electron chi connectivity index (χ4n) is 3.44. The molecule has 0 saturated carbocycles. The molecule has 1 aliphatic rings. The van der Waals surface area contributed by atoms with E-state index in [4.69, 9.17) is 13.9 Å². The summed E-state index contributed by atoms with van der Waals surface area (Å²) in [7, 11) is 1.58. The summed E-state index contributed by atoms with van der Waals surface area (Å²) in [5, 5.41) is 11.0. The second-order valence-electron chi connectivity index (χ2n) is 6.75. The van der Waals surface area contributed by atoms with Crippen LogP contribution in [0.15, 0.2) is 46.4 Å². The van der Waals surface area contributed by atoms with E-state index in [1.807, 2.05) is 6.92 Å². The van der Waals surface area contributed by atoms with Crippen molar-refractivity contribution in [1.82, 2.24) is 4.90 Å². The molecule has 1 unspecified atom stereocenters. The van der Waals surface area contributed by atoms with Gasteiger partial charge in [-0.3, -0.25) is 9.59 Å². The molecule has 1 aromatic heterocycles. The van der Waals surface area contributed by atoms with Crippen LogP contribution >= 0.6 is 0 Å². The summed E-state index contributed by atoms with van der Waals surface area (Å²) >= 11 is 0. The van der Waals surface area contributed by atoms with Gasteiger partial charge in [-0.15, -0.1) is 0 Å². The number of likely N-dealkylation sites (tertiary alicyclic amines) is 1. The van der Waals surface area contributed by atoms with Crippen LogP contribution in [-0.2, 0) is 14.3 Å². The van der Waals surface area contributed by atoms with E-state index >= 15 is 0 Å². The number of ether oxygens (including phenoxy) is 2. The highest BCUT2D eigenvalue weighted by Gasteiger charge is 2.47. The molecular formula is C22H25NO6. The Kier molecular flexibility index (Phi) is 6.39. The number of hydrogen-bond donors (Lipinski definition) is 1. The van der Waals surface area contributed by atoms with E-state index in [-0.39, 0.29) is 11.3 Å². The third kappa shape index (κ3) is 4.19. The second kappa shape index (κ2) is 8.96. The number of carbonyl (C=O) groups excluding carboxylic acids is 2. The number of furan rings is 1. The van der Waals surface area contributed by atoms with Gasteiger partial charge in [0.25, 0.3) is 11.7 Å². The maximum absolute atomic E-state index is 12.9. The lowest BCUT2D eigenvalue weighted by Gasteiger charge is -2.23. The van der Waals surface area contributed by atoms with Crippen LogP contribution in [0, 0.1) is 6.92 Å². The van der Waals surface area contributed by atoms with Crippen LogP contribution in [-0.4, -0.2) is 48.6 Å². The first-order chi connectivity index (χ1) is 14.0. The zero-order valence-electron chi connectivity index (χ0n) is 16.8. The van der Waals surface area contributed by atoms with Gasteiger partial charge in [-0.1, -0.05) is 12.1 Å². The molecule has 0 radical (unpaired) electrons. The van der Waals surface area contributed by atoms with Crippen LogP contribution < -0.4 is 4.74 Å². The SMILES string of the molecule is CCOc1cccc(/C(O)=C2\C(=O)C(=O)N(CCCOC)C2c2ccc(C)o2)c1. The minimum absolute atomic E-state index is 0.00964. The molecule has 1 aromatic carbocycles. The van der Waals surface area contributed by atoms with E-state index in [1.165, 1.54) is 4.90 Å². The fraction of sp³-hybridized carbons (Fsp3) is 0.364. The molecule has 1 N–H and O–H groups in total. The molecular weight excluding hydrogens is 374 g/mol. The maximum atomic E-state index is 12.9. The summed E-state index contributed by atoms with van der Waals surface area (Å²) in [4.78, 5) is 27.0. The van der Waals surface area contributed by atoms with Gasteiger partial charge < -0.3 is 23.9 Å². The molecule has 154 valence electrons. The Labute approximate surface area is 169 Å². The summed E-state index contributed by atoms with van der Waals surface area (Å²) in [6.45, 7) is 4.87. The molecule has 7 nitrogen and oxygen atoms in total. The molecule has 2 heterocycles. The van der Waals surface area contributed by atoms with E-state index in [0.717, 1.165) is 0 Å². The number of benzene rings is 1. The van der Waals surface area contributed by atoms with Gasteiger partial charge in [0.2, 0.25) is 0 Å². The molecule has 0 spiro atoms. The molecule has 7 heteroatoms. The second-order valence-corrected chi connectivity index (χ2v) is 6.75. The topological polar surface area (TPSA) is 89.2 Å². The number of aliphatic hydroxyl groups is 1. The van der Waals surface area contributed by atoms with Crippen LogP contribution in [0.25, 0.3) is 5.76 Å². The highest BCUT2D eigenvalue weighted by atomic mass is 16.5. The zero-order valence-corrected chi connectivity index (χ0v) is 16.8. The van der Waals surface area contributed by atoms with Crippen LogP contribution in [0.4, 0.5) is 0 Å². The van der Waals surface area contributed by atoms with E-state index in [0.29, 0.717) is 49.0 Å². The number of carbonyl (C=O) groups is 2. The Bertz CT molecular complexity index is 929. The van der Waals surface area contributed by atoms with Crippen molar-refractivity contribution < 1.29 is 28.6 Å². The summed E-state index contributed by atoms with van der Waals surface area (Å²) < 4.78 is 16.3. The molecule has 2 aromatic rings. The Hall–Kier alpha value is -3.06. The predicted molar refractivity (Wildman–Crippen MR) is 107 cm³/mol. The number of amides is 1. The van der Waals surface area contributed by atoms with Gasteiger partial charge in [-0.25, -0.2) is 0 Å². The lowest BCUT2D eigenvalue weighted by molar-refractivity contribution is -0.140. The Morgan fingerprint density at radius 1 is 1.24 bits per heavy atom. The summed E-state index contributed by atoms with van der Waals surface area (Å²) in [5.41, 5.74) is 0.412. The number of ketones is 1. The number of methoxy groups -OCH3 is 1. The van der Waals surface area contributed by atoms with Crippen LogP contribution in [0.3, 0.4) is 0 Å². The largest absolute Gasteiger partial charge is 0.507 e. The molecule has 3 rings (SSSR count). The third-order valence-electron chi connectivity index (χ3n) is 4.74. The van der Waals surface area contributed by atoms with E-state index in [2.05, 4.69) is 0 Å². The normalized spacial score (nSPS) is 18.4. The quantitative estimate of drug-likeness (QED) is 0.317. The number of aliphatic hydroxyl groups excluding tert-OH is 1. The highest BCUT2D eigenvalue weighted by Crippen LogP contribution is 2.40. The summed E-state index contributed by atoms with van der Waals surface area (Å²) in [6.07, 6.45) is 0.555. The van der Waals surface area contributed by atoms with Gasteiger partial charge in [0, 0.05) is 25.8 Å². The molecule has 1 fully saturated rings. The van der Waals surface area contributed by atoms with E-state index in [1.54, 1.807) is 50.4 Å². The first kappa shape index (κ1) is 20.7. The Morgan fingerprint density at radius 3 is 2.69 bits per heavy atom. The van der Waals surface area contributed by atoms with Gasteiger partial charge in [-0.05, 0) is 44.5 Å². The van der Waals surface area contributed by atoms with E-state index in [9.17, 15) is 14.7 Å². The summed E-state index contributed by atoms with van der Waals surface area (Å²) in [6, 6.07) is 9.48. The number of nitrogens with zero attached hydrogens (tertiary/aromatic N) is 1. The molecule has 29 heavy (non-hydrogen) atoms. The van der Waals surface area contributed by atoms with Crippen molar-refractivity contribution in [2.75, 3.05) is 26.9 Å². The molecule has 1 aliphatic heterocycles. The highest BCUT2D eigenvalue weighted by molar-refractivity contribution is 6.46. The Morgan fingerprint density at radius 2 is 2.03 bits per heavy atom. The number of rotatable bonds is 8. The van der Waals surface area contributed by atoms with Crippen molar-refractivity contribution >= 4 is 17.4 Å². The first-order valence-electron chi connectivity index (χ1n) is 9.54. The molecule has 1 amide bonds. The third-order valence-corrected chi connectivity index (χ3v) is 4.74. The van der Waals surface area contributed by atoms with Gasteiger partial charge in [0.1, 0.15) is 29.1 Å². The average Bonchev–Trinajstić information content (AvgIpc) is 3.24. The minimum Gasteiger partial charge on any atom is -0.507 e.